The van der Waals surface area contributed by atoms with Crippen LogP contribution in [0.2, 0.25) is 0 Å². The fourth-order valence-corrected chi connectivity index (χ4v) is 5.01. The summed E-state index contributed by atoms with van der Waals surface area (Å²) in [6.07, 6.45) is 0. The highest BCUT2D eigenvalue weighted by Gasteiger charge is 2.43. The molecule has 1 aromatic carbocycles. The van der Waals surface area contributed by atoms with Gasteiger partial charge >= 0.3 is 0 Å². The molecule has 0 spiro atoms. The van der Waals surface area contributed by atoms with E-state index >= 15 is 0 Å². The Morgan fingerprint density at radius 3 is 2.20 bits per heavy atom. The Morgan fingerprint density at radius 2 is 1.64 bits per heavy atom. The number of anilines is 1. The maximum atomic E-state index is 12.0. The molecule has 0 radical (unpaired) electrons. The summed E-state index contributed by atoms with van der Waals surface area (Å²) in [5.74, 6) is 1.83. The lowest BCUT2D eigenvalue weighted by atomic mass is 10.0. The largest absolute Gasteiger partial charge is 0.354 e. The van der Waals surface area contributed by atoms with Crippen molar-refractivity contribution < 1.29 is 8.42 Å². The Kier molecular flexibility index (Phi) is 4.21. The second-order valence-corrected chi connectivity index (χ2v) is 9.04. The summed E-state index contributed by atoms with van der Waals surface area (Å²) >= 11 is 0. The quantitative estimate of drug-likeness (QED) is 0.835. The number of hydrogen-bond donors (Lipinski definition) is 0. The van der Waals surface area contributed by atoms with Gasteiger partial charge in [0.1, 0.15) is 0 Å². The number of sulfonamides is 1. The van der Waals surface area contributed by atoms with Crippen LogP contribution in [0.15, 0.2) is 42.5 Å². The van der Waals surface area contributed by atoms with Crippen molar-refractivity contribution in [1.29, 1.82) is 0 Å². The van der Waals surface area contributed by atoms with Crippen LogP contribution in [0.5, 0.6) is 0 Å². The predicted molar refractivity (Wildman–Crippen MR) is 97.7 cm³/mol. The highest BCUT2D eigenvalue weighted by atomic mass is 32.2. The van der Waals surface area contributed by atoms with Crippen molar-refractivity contribution in [2.75, 3.05) is 36.8 Å². The first-order valence-corrected chi connectivity index (χ1v) is 10.3. The summed E-state index contributed by atoms with van der Waals surface area (Å²) in [5.41, 5.74) is 1.92. The third-order valence-corrected chi connectivity index (χ3v) is 7.07. The maximum Gasteiger partial charge on any atom is 0.213 e. The molecule has 0 bridgehead atoms. The molecular formula is C18H22N4O2S. The van der Waals surface area contributed by atoms with E-state index in [4.69, 9.17) is 0 Å². The van der Waals surface area contributed by atoms with Crippen molar-refractivity contribution in [1.82, 2.24) is 14.5 Å². The van der Waals surface area contributed by atoms with Crippen LogP contribution in [-0.4, -0.2) is 54.9 Å². The van der Waals surface area contributed by atoms with Gasteiger partial charge in [-0.2, -0.15) is 0 Å². The van der Waals surface area contributed by atoms with Gasteiger partial charge in [-0.3, -0.25) is 0 Å². The number of aromatic nitrogens is 2. The molecule has 2 atom stereocenters. The van der Waals surface area contributed by atoms with Gasteiger partial charge in [-0.25, -0.2) is 12.7 Å². The summed E-state index contributed by atoms with van der Waals surface area (Å²) in [4.78, 5) is 2.23. The van der Waals surface area contributed by atoms with E-state index in [-0.39, 0.29) is 5.75 Å². The fraction of sp³-hybridized carbons (Fsp3) is 0.444. The van der Waals surface area contributed by atoms with Crippen LogP contribution in [0.3, 0.4) is 0 Å². The van der Waals surface area contributed by atoms with Crippen LogP contribution in [0.25, 0.3) is 11.3 Å². The first kappa shape index (κ1) is 16.5. The molecule has 2 aliphatic rings. The molecule has 2 unspecified atom stereocenters. The van der Waals surface area contributed by atoms with Gasteiger partial charge in [-0.15, -0.1) is 10.2 Å². The third-order valence-electron chi connectivity index (χ3n) is 5.25. The molecule has 25 heavy (non-hydrogen) atoms. The van der Waals surface area contributed by atoms with Gasteiger partial charge in [0.05, 0.1) is 11.4 Å². The van der Waals surface area contributed by atoms with Gasteiger partial charge in [-0.1, -0.05) is 30.3 Å². The van der Waals surface area contributed by atoms with Crippen molar-refractivity contribution >= 4 is 15.8 Å². The minimum absolute atomic E-state index is 0.183. The van der Waals surface area contributed by atoms with Crippen LogP contribution < -0.4 is 4.90 Å². The third kappa shape index (κ3) is 3.14. The number of rotatable bonds is 4. The molecule has 132 valence electrons. The number of hydrogen-bond acceptors (Lipinski definition) is 5. The Labute approximate surface area is 148 Å². The van der Waals surface area contributed by atoms with Crippen molar-refractivity contribution in [3.63, 3.8) is 0 Å². The number of nitrogens with zero attached hydrogens (tertiary/aromatic N) is 4. The average molecular weight is 358 g/mol. The Bertz CT molecular complexity index is 825. The standard InChI is InChI=1S/C18H22N4O2S/c1-2-25(23,24)22-12-15-10-21(11-16(15)13-22)18-9-8-17(19-20-18)14-6-4-3-5-7-14/h3-9,15-16H,2,10-13H2,1H3. The molecule has 0 aliphatic carbocycles. The van der Waals surface area contributed by atoms with Gasteiger partial charge in [0, 0.05) is 31.7 Å². The molecule has 6 nitrogen and oxygen atoms in total. The van der Waals surface area contributed by atoms with E-state index < -0.39 is 10.0 Å². The maximum absolute atomic E-state index is 12.0. The summed E-state index contributed by atoms with van der Waals surface area (Å²) in [5, 5.41) is 8.75. The molecule has 3 heterocycles. The molecule has 0 amide bonds. The molecule has 1 aromatic heterocycles. The normalized spacial score (nSPS) is 23.8. The average Bonchev–Trinajstić information content (AvgIpc) is 3.22. The summed E-state index contributed by atoms with van der Waals surface area (Å²) in [6.45, 7) is 4.67. The molecule has 0 N–H and O–H groups in total. The zero-order valence-electron chi connectivity index (χ0n) is 14.2. The van der Waals surface area contributed by atoms with Gasteiger partial charge in [0.15, 0.2) is 5.82 Å². The number of benzene rings is 1. The predicted octanol–water partition coefficient (Wildman–Crippen LogP) is 1.86. The molecule has 2 fully saturated rings. The minimum atomic E-state index is -3.07. The van der Waals surface area contributed by atoms with Crippen molar-refractivity contribution in [2.24, 2.45) is 11.8 Å². The minimum Gasteiger partial charge on any atom is -0.354 e. The summed E-state index contributed by atoms with van der Waals surface area (Å²) in [7, 11) is -3.07. The van der Waals surface area contributed by atoms with Gasteiger partial charge < -0.3 is 4.90 Å². The van der Waals surface area contributed by atoms with Crippen LogP contribution in [0.4, 0.5) is 5.82 Å². The Hall–Kier alpha value is -1.99. The molecule has 2 aliphatic heterocycles. The highest BCUT2D eigenvalue weighted by molar-refractivity contribution is 7.89. The second-order valence-electron chi connectivity index (χ2n) is 6.79. The molecule has 7 heteroatoms. The van der Waals surface area contributed by atoms with Crippen LogP contribution >= 0.6 is 0 Å². The summed E-state index contributed by atoms with van der Waals surface area (Å²) < 4.78 is 25.7. The molecular weight excluding hydrogens is 336 g/mol. The smallest absolute Gasteiger partial charge is 0.213 e. The SMILES string of the molecule is CCS(=O)(=O)N1CC2CN(c3ccc(-c4ccccc4)nn3)CC2C1. The van der Waals surface area contributed by atoms with Gasteiger partial charge in [0.2, 0.25) is 10.0 Å². The van der Waals surface area contributed by atoms with Gasteiger partial charge in [-0.05, 0) is 30.9 Å². The lowest BCUT2D eigenvalue weighted by Gasteiger charge is -2.21. The Morgan fingerprint density at radius 1 is 0.960 bits per heavy atom. The molecule has 2 aromatic rings. The lowest BCUT2D eigenvalue weighted by molar-refractivity contribution is 0.454. The summed E-state index contributed by atoms with van der Waals surface area (Å²) in [6, 6.07) is 14.0. The first-order chi connectivity index (χ1) is 12.1. The van der Waals surface area contributed by atoms with E-state index in [1.807, 2.05) is 42.5 Å². The monoisotopic (exact) mass is 358 g/mol. The van der Waals surface area contributed by atoms with E-state index in [2.05, 4.69) is 15.1 Å². The number of fused-ring (bicyclic) bond motifs is 1. The lowest BCUT2D eigenvalue weighted by Crippen LogP contribution is -2.34. The van der Waals surface area contributed by atoms with E-state index in [0.29, 0.717) is 24.9 Å². The zero-order valence-corrected chi connectivity index (χ0v) is 15.1. The van der Waals surface area contributed by atoms with E-state index in [1.54, 1.807) is 11.2 Å². The molecule has 4 rings (SSSR count). The molecule has 0 saturated carbocycles. The highest BCUT2D eigenvalue weighted by Crippen LogP contribution is 2.34. The molecule has 2 saturated heterocycles. The van der Waals surface area contributed by atoms with Crippen LogP contribution in [-0.2, 0) is 10.0 Å². The van der Waals surface area contributed by atoms with E-state index in [1.165, 1.54) is 0 Å². The van der Waals surface area contributed by atoms with E-state index in [9.17, 15) is 8.42 Å². The zero-order chi connectivity index (χ0) is 17.4. The topological polar surface area (TPSA) is 66.4 Å². The van der Waals surface area contributed by atoms with Crippen molar-refractivity contribution in [3.05, 3.63) is 42.5 Å². The van der Waals surface area contributed by atoms with Crippen LogP contribution in [0.1, 0.15) is 6.92 Å². The Balaban J connectivity index is 1.44. The fourth-order valence-electron chi connectivity index (χ4n) is 3.80. The van der Waals surface area contributed by atoms with E-state index in [0.717, 1.165) is 30.2 Å². The van der Waals surface area contributed by atoms with Crippen LogP contribution in [0, 0.1) is 11.8 Å². The van der Waals surface area contributed by atoms with Crippen molar-refractivity contribution in [2.45, 2.75) is 6.92 Å². The van der Waals surface area contributed by atoms with Gasteiger partial charge in [0.25, 0.3) is 0 Å². The first-order valence-electron chi connectivity index (χ1n) is 8.69. The van der Waals surface area contributed by atoms with Crippen molar-refractivity contribution in [3.8, 4) is 11.3 Å². The second kappa shape index (κ2) is 6.38.